The summed E-state index contributed by atoms with van der Waals surface area (Å²) in [5.74, 6) is 0.0308. The largest absolute Gasteiger partial charge is 0.398 e. The first kappa shape index (κ1) is 12.8. The molecule has 2 heterocycles. The molecule has 1 fully saturated rings. The van der Waals surface area contributed by atoms with Crippen LogP contribution in [0.4, 0.5) is 5.69 Å². The van der Waals surface area contributed by atoms with Crippen molar-refractivity contribution < 1.29 is 4.79 Å². The van der Waals surface area contributed by atoms with Gasteiger partial charge in [0.25, 0.3) is 5.91 Å². The molecule has 104 valence electrons. The maximum absolute atomic E-state index is 12.8. The number of hydrogen-bond donors (Lipinski definition) is 2. The van der Waals surface area contributed by atoms with Gasteiger partial charge < -0.3 is 15.6 Å². The van der Waals surface area contributed by atoms with Gasteiger partial charge in [0.1, 0.15) is 0 Å². The number of aromatic nitrogens is 1. The number of anilines is 1. The van der Waals surface area contributed by atoms with Crippen LogP contribution in [0, 0.1) is 6.92 Å². The lowest BCUT2D eigenvalue weighted by molar-refractivity contribution is 0.0734. The number of rotatable bonds is 2. The van der Waals surface area contributed by atoms with E-state index in [1.807, 2.05) is 48.4 Å². The molecule has 1 unspecified atom stereocenters. The number of nitrogens with zero attached hydrogens (tertiary/aromatic N) is 1. The van der Waals surface area contributed by atoms with Gasteiger partial charge in [0.05, 0.1) is 11.6 Å². The predicted molar refractivity (Wildman–Crippen MR) is 79.4 cm³/mol. The van der Waals surface area contributed by atoms with Crippen LogP contribution in [0.2, 0.25) is 0 Å². The van der Waals surface area contributed by atoms with Crippen LogP contribution in [0.25, 0.3) is 0 Å². The van der Waals surface area contributed by atoms with Gasteiger partial charge in [-0.15, -0.1) is 0 Å². The molecule has 2 aromatic rings. The molecular formula is C16H19N3O. The molecule has 1 amide bonds. The summed E-state index contributed by atoms with van der Waals surface area (Å²) < 4.78 is 0. The van der Waals surface area contributed by atoms with Gasteiger partial charge >= 0.3 is 0 Å². The number of aromatic amines is 1. The Morgan fingerprint density at radius 2 is 2.25 bits per heavy atom. The Kier molecular flexibility index (Phi) is 3.22. The number of nitrogens with one attached hydrogen (secondary N) is 1. The zero-order valence-electron chi connectivity index (χ0n) is 11.6. The minimum absolute atomic E-state index is 0.0308. The monoisotopic (exact) mass is 269 g/mol. The van der Waals surface area contributed by atoms with Crippen molar-refractivity contribution in [3.05, 3.63) is 53.3 Å². The number of carbonyl (C=O) groups is 1. The summed E-state index contributed by atoms with van der Waals surface area (Å²) in [5.41, 5.74) is 9.29. The van der Waals surface area contributed by atoms with E-state index >= 15 is 0 Å². The maximum Gasteiger partial charge on any atom is 0.256 e. The van der Waals surface area contributed by atoms with E-state index in [0.717, 1.165) is 30.6 Å². The summed E-state index contributed by atoms with van der Waals surface area (Å²) in [4.78, 5) is 17.9. The van der Waals surface area contributed by atoms with Gasteiger partial charge in [-0.1, -0.05) is 11.6 Å². The number of amides is 1. The summed E-state index contributed by atoms with van der Waals surface area (Å²) in [7, 11) is 0. The first-order chi connectivity index (χ1) is 9.66. The Hall–Kier alpha value is -2.23. The van der Waals surface area contributed by atoms with Gasteiger partial charge in [-0.2, -0.15) is 0 Å². The Labute approximate surface area is 118 Å². The van der Waals surface area contributed by atoms with E-state index < -0.39 is 0 Å². The van der Waals surface area contributed by atoms with Crippen molar-refractivity contribution in [2.45, 2.75) is 25.8 Å². The Morgan fingerprint density at radius 3 is 3.00 bits per heavy atom. The van der Waals surface area contributed by atoms with Crippen molar-refractivity contribution in [2.75, 3.05) is 12.3 Å². The third kappa shape index (κ3) is 2.18. The standard InChI is InChI=1S/C16H19N3O/c1-11-6-7-13(17)12(10-11)16(20)19-9-3-5-15(19)14-4-2-8-18-14/h2,4,6-8,10,15,18H,3,5,9,17H2,1H3. The summed E-state index contributed by atoms with van der Waals surface area (Å²) in [5, 5.41) is 0. The van der Waals surface area contributed by atoms with Gasteiger partial charge in [0.15, 0.2) is 0 Å². The van der Waals surface area contributed by atoms with Gasteiger partial charge in [-0.25, -0.2) is 0 Å². The molecule has 1 aliphatic rings. The number of nitrogen functional groups attached to an aromatic ring is 1. The average molecular weight is 269 g/mol. The second-order valence-corrected chi connectivity index (χ2v) is 5.37. The molecule has 1 aromatic carbocycles. The topological polar surface area (TPSA) is 62.1 Å². The average Bonchev–Trinajstić information content (AvgIpc) is 3.10. The van der Waals surface area contributed by atoms with Gasteiger partial charge in [0.2, 0.25) is 0 Å². The Morgan fingerprint density at radius 1 is 1.40 bits per heavy atom. The fourth-order valence-corrected chi connectivity index (χ4v) is 2.89. The molecule has 1 aromatic heterocycles. The summed E-state index contributed by atoms with van der Waals surface area (Å²) in [6.07, 6.45) is 3.93. The third-order valence-corrected chi connectivity index (χ3v) is 3.93. The lowest BCUT2D eigenvalue weighted by Crippen LogP contribution is -2.31. The van der Waals surface area contributed by atoms with E-state index in [1.54, 1.807) is 0 Å². The molecule has 0 radical (unpaired) electrons. The molecule has 1 aliphatic heterocycles. The zero-order valence-corrected chi connectivity index (χ0v) is 11.6. The fourth-order valence-electron chi connectivity index (χ4n) is 2.89. The van der Waals surface area contributed by atoms with Crippen molar-refractivity contribution in [2.24, 2.45) is 0 Å². The Balaban J connectivity index is 1.91. The SMILES string of the molecule is Cc1ccc(N)c(C(=O)N2CCCC2c2ccc[nH]2)c1. The van der Waals surface area contributed by atoms with E-state index in [1.165, 1.54) is 0 Å². The van der Waals surface area contributed by atoms with Gasteiger partial charge in [0, 0.05) is 24.1 Å². The number of hydrogen-bond acceptors (Lipinski definition) is 2. The van der Waals surface area contributed by atoms with E-state index in [2.05, 4.69) is 4.98 Å². The second-order valence-electron chi connectivity index (χ2n) is 5.37. The van der Waals surface area contributed by atoms with Crippen LogP contribution in [0.1, 0.15) is 40.5 Å². The van der Waals surface area contributed by atoms with Crippen molar-refractivity contribution >= 4 is 11.6 Å². The smallest absolute Gasteiger partial charge is 0.256 e. The van der Waals surface area contributed by atoms with Crippen molar-refractivity contribution in [3.63, 3.8) is 0 Å². The molecule has 0 spiro atoms. The van der Waals surface area contributed by atoms with Crippen molar-refractivity contribution in [1.82, 2.24) is 9.88 Å². The Bertz CT molecular complexity index is 619. The van der Waals surface area contributed by atoms with E-state index in [4.69, 9.17) is 5.73 Å². The molecule has 1 atom stereocenters. The summed E-state index contributed by atoms with van der Waals surface area (Å²) in [6, 6.07) is 9.76. The highest BCUT2D eigenvalue weighted by Crippen LogP contribution is 2.33. The number of H-pyrrole nitrogens is 1. The molecule has 0 saturated carbocycles. The summed E-state index contributed by atoms with van der Waals surface area (Å²) in [6.45, 7) is 2.76. The van der Waals surface area contributed by atoms with Crippen LogP contribution in [0.3, 0.4) is 0 Å². The number of carbonyl (C=O) groups excluding carboxylic acids is 1. The fraction of sp³-hybridized carbons (Fsp3) is 0.312. The summed E-state index contributed by atoms with van der Waals surface area (Å²) >= 11 is 0. The number of aryl methyl sites for hydroxylation is 1. The van der Waals surface area contributed by atoms with Crippen molar-refractivity contribution in [3.8, 4) is 0 Å². The highest BCUT2D eigenvalue weighted by atomic mass is 16.2. The van der Waals surface area contributed by atoms with E-state index in [-0.39, 0.29) is 11.9 Å². The molecule has 0 aliphatic carbocycles. The van der Waals surface area contributed by atoms with Crippen LogP contribution < -0.4 is 5.73 Å². The lowest BCUT2D eigenvalue weighted by Gasteiger charge is -2.24. The van der Waals surface area contributed by atoms with Crippen LogP contribution in [0.5, 0.6) is 0 Å². The molecule has 20 heavy (non-hydrogen) atoms. The normalized spacial score (nSPS) is 18.4. The maximum atomic E-state index is 12.8. The molecule has 4 nitrogen and oxygen atoms in total. The number of likely N-dealkylation sites (tertiary alicyclic amines) is 1. The minimum Gasteiger partial charge on any atom is -0.398 e. The predicted octanol–water partition coefficient (Wildman–Crippen LogP) is 2.88. The first-order valence-electron chi connectivity index (χ1n) is 6.97. The van der Waals surface area contributed by atoms with Gasteiger partial charge in [-0.05, 0) is 44.0 Å². The highest BCUT2D eigenvalue weighted by Gasteiger charge is 2.31. The molecule has 0 bridgehead atoms. The quantitative estimate of drug-likeness (QED) is 0.823. The molecule has 4 heteroatoms. The highest BCUT2D eigenvalue weighted by molar-refractivity contribution is 5.99. The number of nitrogens with two attached hydrogens (primary N) is 1. The van der Waals surface area contributed by atoms with Crippen LogP contribution in [-0.2, 0) is 0 Å². The van der Waals surface area contributed by atoms with Gasteiger partial charge in [-0.3, -0.25) is 4.79 Å². The third-order valence-electron chi connectivity index (χ3n) is 3.93. The first-order valence-corrected chi connectivity index (χ1v) is 6.97. The van der Waals surface area contributed by atoms with E-state index in [9.17, 15) is 4.79 Å². The molecule has 1 saturated heterocycles. The lowest BCUT2D eigenvalue weighted by atomic mass is 10.1. The second kappa shape index (κ2) is 5.04. The van der Waals surface area contributed by atoms with Crippen LogP contribution >= 0.6 is 0 Å². The minimum atomic E-state index is 0.0308. The molecule has 3 rings (SSSR count). The number of benzene rings is 1. The van der Waals surface area contributed by atoms with Crippen molar-refractivity contribution in [1.29, 1.82) is 0 Å². The zero-order chi connectivity index (χ0) is 14.1. The van der Waals surface area contributed by atoms with E-state index in [0.29, 0.717) is 11.3 Å². The molecule has 3 N–H and O–H groups in total. The molecular weight excluding hydrogens is 250 g/mol. The van der Waals surface area contributed by atoms with Crippen LogP contribution in [0.15, 0.2) is 36.5 Å². The van der Waals surface area contributed by atoms with Crippen LogP contribution in [-0.4, -0.2) is 22.3 Å².